The second kappa shape index (κ2) is 11.5. The maximum atomic E-state index is 10.4. The minimum atomic E-state index is 0.336. The van der Waals surface area contributed by atoms with E-state index in [1.165, 1.54) is 0 Å². The van der Waals surface area contributed by atoms with Gasteiger partial charge in [-0.15, -0.1) is 0 Å². The van der Waals surface area contributed by atoms with Crippen LogP contribution in [-0.4, -0.2) is 44.2 Å². The van der Waals surface area contributed by atoms with Gasteiger partial charge in [0.25, 0.3) is 0 Å². The fourth-order valence-electron chi connectivity index (χ4n) is 4.18. The van der Waals surface area contributed by atoms with Crippen molar-refractivity contribution in [2.75, 3.05) is 0 Å². The van der Waals surface area contributed by atoms with Crippen molar-refractivity contribution in [3.8, 4) is 11.5 Å². The quantitative estimate of drug-likeness (QED) is 0.415. The Kier molecular flexibility index (Phi) is 9.35. The highest BCUT2D eigenvalue weighted by Gasteiger charge is 2.17. The number of hydrogen-bond donors (Lipinski definition) is 2. The molecule has 2 aromatic rings. The molecule has 176 valence electrons. The van der Waals surface area contributed by atoms with Crippen LogP contribution in [0.2, 0.25) is 0 Å². The molecule has 0 heterocycles. The van der Waals surface area contributed by atoms with Crippen LogP contribution in [0.4, 0.5) is 0 Å². The largest absolute Gasteiger partial charge is 0.508 e. The summed E-state index contributed by atoms with van der Waals surface area (Å²) in [5, 5.41) is 20.8. The van der Waals surface area contributed by atoms with Gasteiger partial charge in [0.15, 0.2) is 0 Å². The van der Waals surface area contributed by atoms with Gasteiger partial charge in [0, 0.05) is 48.4 Å². The first-order valence-electron chi connectivity index (χ1n) is 11.8. The van der Waals surface area contributed by atoms with Crippen molar-refractivity contribution in [2.24, 2.45) is 0 Å². The molecule has 0 aliphatic carbocycles. The summed E-state index contributed by atoms with van der Waals surface area (Å²) in [5.74, 6) is 0.672. The lowest BCUT2D eigenvalue weighted by atomic mass is 10.0. The molecule has 4 nitrogen and oxygen atoms in total. The normalized spacial score (nSPS) is 12.6. The molecule has 0 unspecified atom stereocenters. The van der Waals surface area contributed by atoms with Crippen LogP contribution in [0.25, 0.3) is 12.2 Å². The average Bonchev–Trinajstić information content (AvgIpc) is 2.70. The van der Waals surface area contributed by atoms with Crippen molar-refractivity contribution in [3.63, 3.8) is 0 Å². The van der Waals surface area contributed by atoms with Crippen molar-refractivity contribution in [1.29, 1.82) is 0 Å². The highest BCUT2D eigenvalue weighted by Crippen LogP contribution is 2.26. The van der Waals surface area contributed by atoms with Crippen LogP contribution in [0.3, 0.4) is 0 Å². The molecular weight excluding hydrogens is 396 g/mol. The summed E-state index contributed by atoms with van der Waals surface area (Å²) >= 11 is 0. The fraction of sp³-hybridized carbons (Fsp3) is 0.500. The maximum Gasteiger partial charge on any atom is 0.120 e. The predicted molar refractivity (Wildman–Crippen MR) is 137 cm³/mol. The maximum absolute atomic E-state index is 10.4. The van der Waals surface area contributed by atoms with Crippen LogP contribution >= 0.6 is 0 Å². The molecule has 0 saturated heterocycles. The van der Waals surface area contributed by atoms with Crippen LogP contribution in [0.5, 0.6) is 11.5 Å². The van der Waals surface area contributed by atoms with Crippen LogP contribution in [0, 0.1) is 0 Å². The van der Waals surface area contributed by atoms with Crippen molar-refractivity contribution in [1.82, 2.24) is 9.80 Å². The molecule has 32 heavy (non-hydrogen) atoms. The summed E-state index contributed by atoms with van der Waals surface area (Å²) in [4.78, 5) is 4.73. The Labute approximate surface area is 195 Å². The summed E-state index contributed by atoms with van der Waals surface area (Å²) in [7, 11) is 0. The molecule has 0 saturated carbocycles. The molecule has 0 aromatic heterocycles. The summed E-state index contributed by atoms with van der Waals surface area (Å²) in [6.45, 7) is 18.9. The van der Waals surface area contributed by atoms with E-state index in [1.807, 2.05) is 12.1 Å². The van der Waals surface area contributed by atoms with E-state index in [-0.39, 0.29) is 0 Å². The third-order valence-corrected chi connectivity index (χ3v) is 6.03. The molecule has 0 bridgehead atoms. The van der Waals surface area contributed by atoms with E-state index in [4.69, 9.17) is 0 Å². The van der Waals surface area contributed by atoms with Gasteiger partial charge >= 0.3 is 0 Å². The van der Waals surface area contributed by atoms with Crippen LogP contribution in [-0.2, 0) is 13.1 Å². The monoisotopic (exact) mass is 438 g/mol. The minimum Gasteiger partial charge on any atom is -0.508 e. The molecule has 2 N–H and O–H groups in total. The number of phenolic OH excluding ortho intramolecular Hbond substituents is 2. The number of benzene rings is 2. The molecule has 0 aliphatic rings. The SMILES string of the molecule is CC(C)N(Cc1cc(/C=C/c2ccc(O)c(CN(C(C)C)C(C)C)c2)ccc1O)C(C)C. The number of rotatable bonds is 10. The van der Waals surface area contributed by atoms with E-state index in [0.29, 0.717) is 48.8 Å². The van der Waals surface area contributed by atoms with Gasteiger partial charge in [0.1, 0.15) is 11.5 Å². The van der Waals surface area contributed by atoms with E-state index in [0.717, 1.165) is 22.3 Å². The van der Waals surface area contributed by atoms with Gasteiger partial charge in [-0.05, 0) is 90.8 Å². The van der Waals surface area contributed by atoms with Gasteiger partial charge in [-0.2, -0.15) is 0 Å². The van der Waals surface area contributed by atoms with E-state index in [9.17, 15) is 10.2 Å². The first-order valence-corrected chi connectivity index (χ1v) is 11.8. The number of hydrogen-bond acceptors (Lipinski definition) is 4. The molecule has 0 fully saturated rings. The Hall–Kier alpha value is -2.30. The van der Waals surface area contributed by atoms with Crippen molar-refractivity contribution >= 4 is 12.2 Å². The van der Waals surface area contributed by atoms with Crippen LogP contribution < -0.4 is 0 Å². The smallest absolute Gasteiger partial charge is 0.120 e. The molecular formula is C28H42N2O2. The summed E-state index contributed by atoms with van der Waals surface area (Å²) in [6, 6.07) is 13.2. The molecule has 0 spiro atoms. The molecule has 0 aliphatic heterocycles. The van der Waals surface area contributed by atoms with E-state index >= 15 is 0 Å². The lowest BCUT2D eigenvalue weighted by Crippen LogP contribution is -2.36. The van der Waals surface area contributed by atoms with Crippen LogP contribution in [0.15, 0.2) is 36.4 Å². The highest BCUT2D eigenvalue weighted by molar-refractivity contribution is 5.71. The first kappa shape index (κ1) is 26.0. The average molecular weight is 439 g/mol. The molecule has 2 aromatic carbocycles. The second-order valence-electron chi connectivity index (χ2n) is 9.83. The fourth-order valence-corrected chi connectivity index (χ4v) is 4.18. The number of nitrogens with zero attached hydrogens (tertiary/aromatic N) is 2. The Bertz CT molecular complexity index is 811. The summed E-state index contributed by atoms with van der Waals surface area (Å²) in [6.07, 6.45) is 4.13. The van der Waals surface area contributed by atoms with Crippen molar-refractivity contribution < 1.29 is 10.2 Å². The van der Waals surface area contributed by atoms with Gasteiger partial charge in [0.05, 0.1) is 0 Å². The Morgan fingerprint density at radius 1 is 0.594 bits per heavy atom. The third kappa shape index (κ3) is 7.11. The molecule has 4 heteroatoms. The molecule has 0 amide bonds. The summed E-state index contributed by atoms with van der Waals surface area (Å²) < 4.78 is 0. The lowest BCUT2D eigenvalue weighted by molar-refractivity contribution is 0.164. The number of phenols is 2. The lowest BCUT2D eigenvalue weighted by Gasteiger charge is -2.30. The van der Waals surface area contributed by atoms with Gasteiger partial charge in [-0.3, -0.25) is 9.80 Å². The minimum absolute atomic E-state index is 0.336. The summed E-state index contributed by atoms with van der Waals surface area (Å²) in [5.41, 5.74) is 3.97. The van der Waals surface area contributed by atoms with Crippen molar-refractivity contribution in [3.05, 3.63) is 58.7 Å². The standard InChI is InChI=1S/C28H42N2O2/c1-19(2)29(20(3)4)17-25-15-23(11-13-27(25)31)9-10-24-12-14-28(32)26(16-24)18-30(21(5)6)22(7)8/h9-16,19-22,31-32H,17-18H2,1-8H3/b10-9+. The zero-order valence-corrected chi connectivity index (χ0v) is 21.1. The van der Waals surface area contributed by atoms with Gasteiger partial charge in [-0.25, -0.2) is 0 Å². The zero-order valence-electron chi connectivity index (χ0n) is 21.1. The zero-order chi connectivity index (χ0) is 24.0. The Morgan fingerprint density at radius 2 is 0.906 bits per heavy atom. The molecule has 0 radical (unpaired) electrons. The second-order valence-corrected chi connectivity index (χ2v) is 9.83. The highest BCUT2D eigenvalue weighted by atomic mass is 16.3. The Balaban J connectivity index is 2.24. The van der Waals surface area contributed by atoms with Crippen LogP contribution in [0.1, 0.15) is 77.6 Å². The van der Waals surface area contributed by atoms with E-state index in [2.05, 4.69) is 89.5 Å². The van der Waals surface area contributed by atoms with E-state index < -0.39 is 0 Å². The third-order valence-electron chi connectivity index (χ3n) is 6.03. The Morgan fingerprint density at radius 3 is 1.19 bits per heavy atom. The number of aromatic hydroxyl groups is 2. The topological polar surface area (TPSA) is 46.9 Å². The molecule has 0 atom stereocenters. The van der Waals surface area contributed by atoms with E-state index in [1.54, 1.807) is 12.1 Å². The van der Waals surface area contributed by atoms with Crippen molar-refractivity contribution in [2.45, 2.75) is 92.6 Å². The van der Waals surface area contributed by atoms with Gasteiger partial charge < -0.3 is 10.2 Å². The van der Waals surface area contributed by atoms with Gasteiger partial charge in [-0.1, -0.05) is 24.3 Å². The predicted octanol–water partition coefficient (Wildman–Crippen LogP) is 6.51. The van der Waals surface area contributed by atoms with Gasteiger partial charge in [0.2, 0.25) is 0 Å². The first-order chi connectivity index (χ1) is 15.0. The molecule has 2 rings (SSSR count).